The van der Waals surface area contributed by atoms with Crippen LogP contribution in [0, 0.1) is 0 Å². The number of hydrogen-bond acceptors (Lipinski definition) is 2. The van der Waals surface area contributed by atoms with Gasteiger partial charge in [-0.1, -0.05) is 59.6 Å². The molecule has 1 unspecified atom stereocenters. The standard InChI is InChI=1S/C24H17Cl3F7NO2/c1-2-12-7-13(3-4-15(12)20(36)5-6-21(37)35-11-23(29,30)31)19(28)10-16(24(32,33)34)14-8-17(25)22(27)18(26)9-14/h2-4,7-10,16H,1,5-6,11H2,(H,35,37)/b19-10-. The molecule has 13 heteroatoms. The normalized spacial score (nSPS) is 13.3. The summed E-state index contributed by atoms with van der Waals surface area (Å²) in [5, 5.41) is 0.959. The Hall–Kier alpha value is -2.56. The Kier molecular flexibility index (Phi) is 10.2. The molecule has 37 heavy (non-hydrogen) atoms. The summed E-state index contributed by atoms with van der Waals surface area (Å²) in [4.78, 5) is 24.0. The zero-order valence-electron chi connectivity index (χ0n) is 18.5. The molecule has 1 amide bonds. The van der Waals surface area contributed by atoms with Crippen molar-refractivity contribution in [2.75, 3.05) is 6.54 Å². The Bertz CT molecular complexity index is 1200. The van der Waals surface area contributed by atoms with Crippen molar-refractivity contribution in [3.05, 3.63) is 80.3 Å². The van der Waals surface area contributed by atoms with Crippen LogP contribution in [0.3, 0.4) is 0 Å². The first kappa shape index (κ1) is 30.7. The van der Waals surface area contributed by atoms with Crippen molar-refractivity contribution in [1.82, 2.24) is 5.32 Å². The predicted octanol–water partition coefficient (Wildman–Crippen LogP) is 8.59. The maximum Gasteiger partial charge on any atom is 0.405 e. The fraction of sp³-hybridized carbons (Fsp3) is 0.250. The van der Waals surface area contributed by atoms with Gasteiger partial charge in [-0.2, -0.15) is 26.3 Å². The van der Waals surface area contributed by atoms with Crippen molar-refractivity contribution in [2.45, 2.75) is 31.1 Å². The van der Waals surface area contributed by atoms with Gasteiger partial charge in [-0.25, -0.2) is 4.39 Å². The molecule has 0 aliphatic carbocycles. The first-order valence-corrected chi connectivity index (χ1v) is 11.4. The van der Waals surface area contributed by atoms with Gasteiger partial charge in [0.05, 0.1) is 15.1 Å². The summed E-state index contributed by atoms with van der Waals surface area (Å²) < 4.78 is 92.7. The zero-order chi connectivity index (χ0) is 28.1. The predicted molar refractivity (Wildman–Crippen MR) is 129 cm³/mol. The van der Waals surface area contributed by atoms with Crippen LogP contribution in [0.15, 0.2) is 43.0 Å². The molecular formula is C24H17Cl3F7NO2. The van der Waals surface area contributed by atoms with Crippen LogP contribution in [0.25, 0.3) is 11.9 Å². The number of amides is 1. The Balaban J connectivity index is 2.30. The number of Topliss-reactive ketones (excluding diaryl/α,β-unsaturated/α-hetero) is 1. The van der Waals surface area contributed by atoms with Gasteiger partial charge in [0.1, 0.15) is 18.3 Å². The van der Waals surface area contributed by atoms with Gasteiger partial charge in [0.25, 0.3) is 0 Å². The zero-order valence-corrected chi connectivity index (χ0v) is 20.8. The lowest BCUT2D eigenvalue weighted by Gasteiger charge is -2.19. The molecule has 2 aromatic rings. The molecule has 0 aliphatic rings. The molecular weight excluding hydrogens is 574 g/mol. The first-order chi connectivity index (χ1) is 17.0. The molecule has 3 nitrogen and oxygen atoms in total. The van der Waals surface area contributed by atoms with E-state index < -0.39 is 60.7 Å². The number of allylic oxidation sites excluding steroid dienone is 1. The fourth-order valence-corrected chi connectivity index (χ4v) is 3.77. The monoisotopic (exact) mass is 589 g/mol. The van der Waals surface area contributed by atoms with Crippen molar-refractivity contribution >= 4 is 58.4 Å². The highest BCUT2D eigenvalue weighted by Crippen LogP contribution is 2.42. The lowest BCUT2D eigenvalue weighted by Crippen LogP contribution is -2.33. The molecule has 0 aliphatic heterocycles. The average molecular weight is 591 g/mol. The van der Waals surface area contributed by atoms with E-state index in [0.717, 1.165) is 36.4 Å². The summed E-state index contributed by atoms with van der Waals surface area (Å²) >= 11 is 17.4. The van der Waals surface area contributed by atoms with E-state index in [1.165, 1.54) is 0 Å². The quantitative estimate of drug-likeness (QED) is 0.181. The molecule has 0 spiro atoms. The van der Waals surface area contributed by atoms with E-state index in [9.17, 15) is 40.3 Å². The topological polar surface area (TPSA) is 46.2 Å². The number of alkyl halides is 6. The number of nitrogens with one attached hydrogen (secondary N) is 1. The summed E-state index contributed by atoms with van der Waals surface area (Å²) in [5.41, 5.74) is -0.766. The second-order valence-corrected chi connectivity index (χ2v) is 8.85. The van der Waals surface area contributed by atoms with Gasteiger partial charge < -0.3 is 5.32 Å². The van der Waals surface area contributed by atoms with Gasteiger partial charge in [0.2, 0.25) is 5.91 Å². The summed E-state index contributed by atoms with van der Waals surface area (Å²) in [6.07, 6.45) is -9.09. The third kappa shape index (κ3) is 8.76. The van der Waals surface area contributed by atoms with Crippen molar-refractivity contribution in [3.63, 3.8) is 0 Å². The molecule has 2 rings (SSSR count). The largest absolute Gasteiger partial charge is 0.405 e. The maximum atomic E-state index is 15.0. The maximum absolute atomic E-state index is 15.0. The number of carbonyl (C=O) groups excluding carboxylic acids is 2. The number of benzene rings is 2. The molecule has 0 heterocycles. The molecule has 0 saturated carbocycles. The highest BCUT2D eigenvalue weighted by Gasteiger charge is 2.40. The van der Waals surface area contributed by atoms with Crippen molar-refractivity contribution in [2.24, 2.45) is 0 Å². The van der Waals surface area contributed by atoms with Crippen LogP contribution in [0.5, 0.6) is 0 Å². The van der Waals surface area contributed by atoms with E-state index in [-0.39, 0.29) is 31.8 Å². The summed E-state index contributed by atoms with van der Waals surface area (Å²) in [5.74, 6) is -5.38. The van der Waals surface area contributed by atoms with Crippen LogP contribution in [-0.4, -0.2) is 30.6 Å². The Morgan fingerprint density at radius 1 is 0.973 bits per heavy atom. The minimum Gasteiger partial charge on any atom is -0.347 e. The number of ketones is 1. The lowest BCUT2D eigenvalue weighted by molar-refractivity contribution is -0.139. The third-order valence-electron chi connectivity index (χ3n) is 4.94. The van der Waals surface area contributed by atoms with E-state index >= 15 is 0 Å². The Morgan fingerprint density at radius 3 is 2.08 bits per heavy atom. The van der Waals surface area contributed by atoms with Gasteiger partial charge >= 0.3 is 12.4 Å². The molecule has 0 aromatic heterocycles. The molecule has 0 saturated heterocycles. The van der Waals surface area contributed by atoms with Gasteiger partial charge in [0.15, 0.2) is 5.78 Å². The summed E-state index contributed by atoms with van der Waals surface area (Å²) in [6, 6.07) is 5.07. The second kappa shape index (κ2) is 12.3. The van der Waals surface area contributed by atoms with Crippen LogP contribution < -0.4 is 5.32 Å². The molecule has 0 fully saturated rings. The fourth-order valence-electron chi connectivity index (χ4n) is 3.16. The molecule has 2 aromatic carbocycles. The molecule has 1 N–H and O–H groups in total. The minimum atomic E-state index is -4.93. The van der Waals surface area contributed by atoms with Crippen LogP contribution >= 0.6 is 34.8 Å². The molecule has 1 atom stereocenters. The summed E-state index contributed by atoms with van der Waals surface area (Å²) in [7, 11) is 0. The van der Waals surface area contributed by atoms with Crippen LogP contribution in [0.4, 0.5) is 30.7 Å². The van der Waals surface area contributed by atoms with E-state index in [4.69, 9.17) is 34.8 Å². The SMILES string of the molecule is C=Cc1cc(/C(F)=C/C(c2cc(Cl)c(Cl)c(Cl)c2)C(F)(F)F)ccc1C(=O)CCC(=O)NCC(F)(F)F. The Morgan fingerprint density at radius 2 is 1.57 bits per heavy atom. The number of halogens is 10. The van der Waals surface area contributed by atoms with Crippen molar-refractivity contribution in [3.8, 4) is 0 Å². The van der Waals surface area contributed by atoms with E-state index in [2.05, 4.69) is 6.58 Å². The van der Waals surface area contributed by atoms with Gasteiger partial charge in [-0.05, 0) is 35.4 Å². The highest BCUT2D eigenvalue weighted by molar-refractivity contribution is 6.48. The average Bonchev–Trinajstić information content (AvgIpc) is 2.80. The smallest absolute Gasteiger partial charge is 0.347 e. The molecule has 0 bridgehead atoms. The lowest BCUT2D eigenvalue weighted by atomic mass is 9.94. The number of hydrogen-bond donors (Lipinski definition) is 1. The number of rotatable bonds is 9. The van der Waals surface area contributed by atoms with Gasteiger partial charge in [-0.3, -0.25) is 9.59 Å². The van der Waals surface area contributed by atoms with Crippen LogP contribution in [-0.2, 0) is 4.79 Å². The highest BCUT2D eigenvalue weighted by atomic mass is 35.5. The van der Waals surface area contributed by atoms with Crippen LogP contribution in [0.2, 0.25) is 15.1 Å². The minimum absolute atomic E-state index is 0.0428. The van der Waals surface area contributed by atoms with Crippen LogP contribution in [0.1, 0.15) is 45.8 Å². The van der Waals surface area contributed by atoms with Crippen molar-refractivity contribution < 1.29 is 40.3 Å². The van der Waals surface area contributed by atoms with Crippen molar-refractivity contribution in [1.29, 1.82) is 0 Å². The van der Waals surface area contributed by atoms with Gasteiger partial charge in [0, 0.05) is 24.0 Å². The second-order valence-electron chi connectivity index (χ2n) is 7.65. The molecule has 0 radical (unpaired) electrons. The van der Waals surface area contributed by atoms with Gasteiger partial charge in [-0.15, -0.1) is 0 Å². The summed E-state index contributed by atoms with van der Waals surface area (Å²) in [6.45, 7) is 1.93. The van der Waals surface area contributed by atoms with E-state index in [0.29, 0.717) is 6.08 Å². The first-order valence-electron chi connectivity index (χ1n) is 10.3. The third-order valence-corrected chi connectivity index (χ3v) is 6.14. The van der Waals surface area contributed by atoms with E-state index in [1.807, 2.05) is 0 Å². The van der Waals surface area contributed by atoms with E-state index in [1.54, 1.807) is 5.32 Å². The Labute approximate surface area is 221 Å². The molecule has 200 valence electrons. The number of carbonyl (C=O) groups is 2.